The third-order valence-electron chi connectivity index (χ3n) is 6.44. The number of halogens is 3. The number of rotatable bonds is 14. The molecule has 3 rings (SSSR count). The summed E-state index contributed by atoms with van der Waals surface area (Å²) in [7, 11) is 1.55. The Morgan fingerprint density at radius 3 is 2.33 bits per heavy atom. The zero-order valence-electron chi connectivity index (χ0n) is 22.5. The van der Waals surface area contributed by atoms with Crippen molar-refractivity contribution in [3.63, 3.8) is 0 Å². The minimum atomic E-state index is -4.42. The van der Waals surface area contributed by atoms with E-state index in [0.717, 1.165) is 36.2 Å². The second-order valence-electron chi connectivity index (χ2n) is 9.47. The third-order valence-corrected chi connectivity index (χ3v) is 6.44. The first-order chi connectivity index (χ1) is 18.7. The molecule has 0 bridgehead atoms. The molecule has 0 aliphatic rings. The van der Waals surface area contributed by atoms with Crippen molar-refractivity contribution in [2.24, 2.45) is 0 Å². The van der Waals surface area contributed by atoms with Crippen molar-refractivity contribution in [1.82, 2.24) is 14.4 Å². The van der Waals surface area contributed by atoms with E-state index in [1.807, 2.05) is 54.0 Å². The summed E-state index contributed by atoms with van der Waals surface area (Å²) in [4.78, 5) is 29.6. The van der Waals surface area contributed by atoms with Crippen LogP contribution in [0.25, 0.3) is 0 Å². The van der Waals surface area contributed by atoms with Crippen molar-refractivity contribution in [3.05, 3.63) is 95.3 Å². The lowest BCUT2D eigenvalue weighted by molar-refractivity contribution is -0.141. The number of unbranched alkanes of at least 4 members (excludes halogenated alkanes) is 1. The first-order valence-electron chi connectivity index (χ1n) is 13.1. The second kappa shape index (κ2) is 14.5. The molecule has 2 amide bonds. The molecule has 0 radical (unpaired) electrons. The topological polar surface area (TPSA) is 54.8 Å². The van der Waals surface area contributed by atoms with Gasteiger partial charge in [-0.3, -0.25) is 9.59 Å². The highest BCUT2D eigenvalue weighted by atomic mass is 19.4. The monoisotopic (exact) mass is 543 g/mol. The molecule has 0 aliphatic heterocycles. The Hall–Kier alpha value is -3.59. The number of aromatic nitrogens is 1. The molecule has 3 aromatic rings. The van der Waals surface area contributed by atoms with E-state index in [1.165, 1.54) is 6.07 Å². The quantitative estimate of drug-likeness (QED) is 0.260. The third kappa shape index (κ3) is 9.28. The van der Waals surface area contributed by atoms with E-state index < -0.39 is 11.7 Å². The van der Waals surface area contributed by atoms with Gasteiger partial charge in [0.15, 0.2) is 0 Å². The molecule has 0 N–H and O–H groups in total. The molecule has 6 nitrogen and oxygen atoms in total. The van der Waals surface area contributed by atoms with Crippen LogP contribution in [0, 0.1) is 0 Å². The number of ether oxygens (including phenoxy) is 1. The minimum Gasteiger partial charge on any atom is -0.383 e. The molecular weight excluding hydrogens is 507 g/mol. The van der Waals surface area contributed by atoms with Crippen LogP contribution in [-0.4, -0.2) is 53.0 Å². The maximum atomic E-state index is 13.6. The molecule has 210 valence electrons. The van der Waals surface area contributed by atoms with Crippen LogP contribution in [0.4, 0.5) is 13.2 Å². The summed E-state index contributed by atoms with van der Waals surface area (Å²) in [5.74, 6) is -0.304. The summed E-state index contributed by atoms with van der Waals surface area (Å²) >= 11 is 0. The Kier molecular flexibility index (Phi) is 11.2. The number of amides is 2. The lowest BCUT2D eigenvalue weighted by Gasteiger charge is -2.28. The Morgan fingerprint density at radius 2 is 1.64 bits per heavy atom. The molecule has 0 unspecified atom stereocenters. The number of hydrogen-bond acceptors (Lipinski definition) is 3. The van der Waals surface area contributed by atoms with Gasteiger partial charge in [-0.1, -0.05) is 55.8 Å². The van der Waals surface area contributed by atoms with Crippen molar-refractivity contribution < 1.29 is 27.5 Å². The number of nitrogens with zero attached hydrogens (tertiary/aromatic N) is 3. The van der Waals surface area contributed by atoms with Gasteiger partial charge in [0, 0.05) is 45.1 Å². The van der Waals surface area contributed by atoms with Crippen LogP contribution in [0.5, 0.6) is 0 Å². The molecule has 0 fully saturated rings. The highest BCUT2D eigenvalue weighted by molar-refractivity contribution is 5.84. The lowest BCUT2D eigenvalue weighted by Crippen LogP contribution is -2.43. The van der Waals surface area contributed by atoms with Gasteiger partial charge in [0.05, 0.1) is 25.3 Å². The van der Waals surface area contributed by atoms with Crippen molar-refractivity contribution in [2.45, 2.75) is 52.0 Å². The second-order valence-corrected chi connectivity index (χ2v) is 9.47. The molecule has 1 aromatic heterocycles. The average Bonchev–Trinajstić information content (AvgIpc) is 3.35. The van der Waals surface area contributed by atoms with E-state index in [2.05, 4.69) is 0 Å². The molecule has 0 spiro atoms. The standard InChI is InChI=1S/C30H36F3N3O3/c1-3-4-15-28(37)35(17-18-39-2)23-29(38)36(20-24-10-6-5-7-11-24)22-27-14-9-16-34(27)21-25-12-8-13-26(19-25)30(31,32)33/h5-14,16,19H,3-4,15,17-18,20-23H2,1-2H3. The van der Waals surface area contributed by atoms with Gasteiger partial charge >= 0.3 is 6.18 Å². The number of alkyl halides is 3. The van der Waals surface area contributed by atoms with Crippen molar-refractivity contribution in [1.29, 1.82) is 0 Å². The Bertz CT molecular complexity index is 1190. The maximum Gasteiger partial charge on any atom is 0.416 e. The van der Waals surface area contributed by atoms with Crippen molar-refractivity contribution in [2.75, 3.05) is 26.8 Å². The molecule has 39 heavy (non-hydrogen) atoms. The highest BCUT2D eigenvalue weighted by Gasteiger charge is 2.30. The molecule has 0 atom stereocenters. The van der Waals surface area contributed by atoms with Gasteiger partial charge in [-0.15, -0.1) is 0 Å². The first-order valence-corrected chi connectivity index (χ1v) is 13.1. The van der Waals surface area contributed by atoms with Gasteiger partial charge in [-0.25, -0.2) is 0 Å². The normalized spacial score (nSPS) is 11.4. The van der Waals surface area contributed by atoms with E-state index in [1.54, 1.807) is 29.2 Å². The number of benzene rings is 2. The zero-order chi connectivity index (χ0) is 28.3. The minimum absolute atomic E-state index is 0.0763. The van der Waals surface area contributed by atoms with E-state index in [-0.39, 0.29) is 31.4 Å². The average molecular weight is 544 g/mol. The number of carbonyl (C=O) groups excluding carboxylic acids is 2. The van der Waals surface area contributed by atoms with Crippen molar-refractivity contribution >= 4 is 11.8 Å². The van der Waals surface area contributed by atoms with Crippen LogP contribution >= 0.6 is 0 Å². The Balaban J connectivity index is 1.82. The van der Waals surface area contributed by atoms with Crippen LogP contribution in [0.3, 0.4) is 0 Å². The van der Waals surface area contributed by atoms with E-state index in [0.29, 0.717) is 31.7 Å². The predicted octanol–water partition coefficient (Wildman–Crippen LogP) is 5.75. The van der Waals surface area contributed by atoms with Crippen LogP contribution in [0.15, 0.2) is 72.9 Å². The fourth-order valence-electron chi connectivity index (χ4n) is 4.26. The summed E-state index contributed by atoms with van der Waals surface area (Å²) in [6.07, 6.45) is -0.641. The number of hydrogen-bond donors (Lipinski definition) is 0. The zero-order valence-corrected chi connectivity index (χ0v) is 22.5. The molecule has 1 heterocycles. The Morgan fingerprint density at radius 1 is 0.897 bits per heavy atom. The van der Waals surface area contributed by atoms with Gasteiger partial charge in [0.2, 0.25) is 11.8 Å². The summed E-state index contributed by atoms with van der Waals surface area (Å²) in [5, 5.41) is 0. The Labute approximate surface area is 228 Å². The highest BCUT2D eigenvalue weighted by Crippen LogP contribution is 2.29. The molecule has 9 heteroatoms. The largest absolute Gasteiger partial charge is 0.416 e. The molecule has 0 saturated carbocycles. The maximum absolute atomic E-state index is 13.6. The van der Waals surface area contributed by atoms with Crippen LogP contribution in [0.1, 0.15) is 48.6 Å². The van der Waals surface area contributed by atoms with Gasteiger partial charge in [0.1, 0.15) is 0 Å². The number of carbonyl (C=O) groups is 2. The lowest BCUT2D eigenvalue weighted by atomic mass is 10.1. The number of methoxy groups -OCH3 is 1. The first kappa shape index (κ1) is 30.0. The van der Waals surface area contributed by atoms with Crippen LogP contribution < -0.4 is 0 Å². The molecule has 0 aliphatic carbocycles. The molecular formula is C30H36F3N3O3. The fourth-order valence-corrected chi connectivity index (χ4v) is 4.26. The van der Waals surface area contributed by atoms with Gasteiger partial charge < -0.3 is 19.1 Å². The van der Waals surface area contributed by atoms with Crippen LogP contribution in [-0.2, 0) is 40.1 Å². The summed E-state index contributed by atoms with van der Waals surface area (Å²) < 4.78 is 46.6. The van der Waals surface area contributed by atoms with Crippen molar-refractivity contribution in [3.8, 4) is 0 Å². The summed E-state index contributed by atoms with van der Waals surface area (Å²) in [6.45, 7) is 3.37. The SMILES string of the molecule is CCCCC(=O)N(CCOC)CC(=O)N(Cc1ccccc1)Cc1cccn1Cc1cccc(C(F)(F)F)c1. The fraction of sp³-hybridized carbons (Fsp3) is 0.400. The summed E-state index contributed by atoms with van der Waals surface area (Å²) in [5.41, 5.74) is 1.52. The van der Waals surface area contributed by atoms with Gasteiger partial charge in [0.25, 0.3) is 0 Å². The smallest absolute Gasteiger partial charge is 0.383 e. The van der Waals surface area contributed by atoms with Gasteiger partial charge in [-0.05, 0) is 41.8 Å². The molecule has 0 saturated heterocycles. The molecule has 2 aromatic carbocycles. The van der Waals surface area contributed by atoms with Crippen LogP contribution in [0.2, 0.25) is 0 Å². The van der Waals surface area contributed by atoms with E-state index >= 15 is 0 Å². The van der Waals surface area contributed by atoms with E-state index in [9.17, 15) is 22.8 Å². The van der Waals surface area contributed by atoms with Gasteiger partial charge in [-0.2, -0.15) is 13.2 Å². The van der Waals surface area contributed by atoms with E-state index in [4.69, 9.17) is 4.74 Å². The predicted molar refractivity (Wildman–Crippen MR) is 144 cm³/mol. The summed E-state index contributed by atoms with van der Waals surface area (Å²) in [6, 6.07) is 18.5.